The molecule has 0 unspecified atom stereocenters. The fraction of sp³-hybridized carbons (Fsp3) is 1.00. The molecule has 0 aromatic heterocycles. The molecule has 1 aliphatic carbocycles. The van der Waals surface area contributed by atoms with Gasteiger partial charge in [-0.15, -0.1) is 0 Å². The first-order chi connectivity index (χ1) is 8.58. The van der Waals surface area contributed by atoms with Crippen molar-refractivity contribution in [2.75, 3.05) is 39.5 Å². The molecule has 1 saturated carbocycles. The van der Waals surface area contributed by atoms with E-state index in [4.69, 9.17) is 9.47 Å². The molecule has 0 aromatic rings. The van der Waals surface area contributed by atoms with Crippen LogP contribution in [0.1, 0.15) is 40.0 Å². The predicted octanol–water partition coefficient (Wildman–Crippen LogP) is 2.55. The Morgan fingerprint density at radius 1 is 1.28 bits per heavy atom. The second-order valence-corrected chi connectivity index (χ2v) is 6.61. The summed E-state index contributed by atoms with van der Waals surface area (Å²) in [5, 5.41) is 0. The lowest BCUT2D eigenvalue weighted by Gasteiger charge is -2.40. The molecule has 0 bridgehead atoms. The number of nitrogens with zero attached hydrogens (tertiary/aromatic N) is 1. The lowest BCUT2D eigenvalue weighted by molar-refractivity contribution is -0.0365. The van der Waals surface area contributed by atoms with Gasteiger partial charge in [0.1, 0.15) is 0 Å². The summed E-state index contributed by atoms with van der Waals surface area (Å²) in [4.78, 5) is 2.44. The molecule has 0 radical (unpaired) electrons. The van der Waals surface area contributed by atoms with Crippen molar-refractivity contribution >= 4 is 0 Å². The maximum Gasteiger partial charge on any atom is 0.0597 e. The average molecular weight is 255 g/mol. The van der Waals surface area contributed by atoms with E-state index >= 15 is 0 Å². The van der Waals surface area contributed by atoms with Crippen LogP contribution in [-0.2, 0) is 9.47 Å². The molecule has 3 nitrogen and oxygen atoms in total. The second-order valence-electron chi connectivity index (χ2n) is 6.61. The Morgan fingerprint density at radius 2 is 2.00 bits per heavy atom. The van der Waals surface area contributed by atoms with Crippen LogP contribution in [0.15, 0.2) is 0 Å². The molecule has 0 N–H and O–H groups in total. The fourth-order valence-electron chi connectivity index (χ4n) is 2.94. The van der Waals surface area contributed by atoms with Gasteiger partial charge in [0.25, 0.3) is 0 Å². The van der Waals surface area contributed by atoms with Gasteiger partial charge >= 0.3 is 0 Å². The molecule has 2 fully saturated rings. The van der Waals surface area contributed by atoms with Gasteiger partial charge in [-0.25, -0.2) is 0 Å². The monoisotopic (exact) mass is 255 g/mol. The van der Waals surface area contributed by atoms with E-state index in [1.54, 1.807) is 0 Å². The van der Waals surface area contributed by atoms with Gasteiger partial charge in [-0.2, -0.15) is 0 Å². The van der Waals surface area contributed by atoms with Gasteiger partial charge in [0.2, 0.25) is 0 Å². The third-order valence-electron chi connectivity index (χ3n) is 4.93. The molecule has 0 aromatic carbocycles. The SMILES string of the molecule is C[C@H]1C[C@@H](OCCN2CCOCC2)CCC1(C)C. The van der Waals surface area contributed by atoms with Crippen LogP contribution in [-0.4, -0.2) is 50.5 Å². The Bertz CT molecular complexity index is 249. The van der Waals surface area contributed by atoms with Crippen LogP contribution in [0.2, 0.25) is 0 Å². The lowest BCUT2D eigenvalue weighted by atomic mass is 9.69. The Morgan fingerprint density at radius 3 is 2.67 bits per heavy atom. The van der Waals surface area contributed by atoms with E-state index in [0.29, 0.717) is 11.5 Å². The van der Waals surface area contributed by atoms with Crippen LogP contribution in [0.5, 0.6) is 0 Å². The predicted molar refractivity (Wildman–Crippen MR) is 73.8 cm³/mol. The molecule has 1 heterocycles. The van der Waals surface area contributed by atoms with E-state index in [0.717, 1.165) is 45.4 Å². The van der Waals surface area contributed by atoms with Crippen molar-refractivity contribution in [2.24, 2.45) is 11.3 Å². The molecule has 106 valence electrons. The van der Waals surface area contributed by atoms with Gasteiger partial charge in [-0.05, 0) is 30.6 Å². The summed E-state index contributed by atoms with van der Waals surface area (Å²) >= 11 is 0. The molecule has 2 atom stereocenters. The molecular weight excluding hydrogens is 226 g/mol. The summed E-state index contributed by atoms with van der Waals surface area (Å²) in [6.07, 6.45) is 4.27. The maximum absolute atomic E-state index is 6.07. The molecule has 2 rings (SSSR count). The van der Waals surface area contributed by atoms with Crippen molar-refractivity contribution in [3.05, 3.63) is 0 Å². The lowest BCUT2D eigenvalue weighted by Crippen LogP contribution is -2.39. The van der Waals surface area contributed by atoms with Gasteiger partial charge in [0.15, 0.2) is 0 Å². The standard InChI is InChI=1S/C15H29NO2/c1-13-12-14(4-5-15(13,2)3)18-11-8-16-6-9-17-10-7-16/h13-14H,4-12H2,1-3H3/t13-,14-/m0/s1. The highest BCUT2D eigenvalue weighted by Crippen LogP contribution is 2.40. The molecular formula is C15H29NO2. The van der Waals surface area contributed by atoms with Crippen molar-refractivity contribution in [1.82, 2.24) is 4.90 Å². The number of ether oxygens (including phenoxy) is 2. The minimum atomic E-state index is 0.495. The summed E-state index contributed by atoms with van der Waals surface area (Å²) in [6, 6.07) is 0. The summed E-state index contributed by atoms with van der Waals surface area (Å²) in [7, 11) is 0. The zero-order chi connectivity index (χ0) is 13.0. The third-order valence-corrected chi connectivity index (χ3v) is 4.93. The summed E-state index contributed by atoms with van der Waals surface area (Å²) in [5.74, 6) is 0.777. The van der Waals surface area contributed by atoms with Gasteiger partial charge in [-0.3, -0.25) is 4.90 Å². The topological polar surface area (TPSA) is 21.7 Å². The second kappa shape index (κ2) is 6.36. The molecule has 0 spiro atoms. The molecule has 1 aliphatic heterocycles. The Balaban J connectivity index is 1.62. The van der Waals surface area contributed by atoms with Crippen LogP contribution in [0.3, 0.4) is 0 Å². The first kappa shape index (κ1) is 14.3. The Hall–Kier alpha value is -0.120. The molecule has 0 amide bonds. The normalized spacial score (nSPS) is 33.5. The third kappa shape index (κ3) is 3.94. The fourth-order valence-corrected chi connectivity index (χ4v) is 2.94. The molecule has 3 heteroatoms. The van der Waals surface area contributed by atoms with Crippen molar-refractivity contribution in [3.8, 4) is 0 Å². The number of morpholine rings is 1. The summed E-state index contributed by atoms with van der Waals surface area (Å²) in [6.45, 7) is 13.0. The minimum Gasteiger partial charge on any atom is -0.379 e. The number of hydrogen-bond donors (Lipinski definition) is 0. The van der Waals surface area contributed by atoms with Crippen LogP contribution in [0, 0.1) is 11.3 Å². The van der Waals surface area contributed by atoms with Crippen molar-refractivity contribution in [1.29, 1.82) is 0 Å². The minimum absolute atomic E-state index is 0.495. The van der Waals surface area contributed by atoms with E-state index in [1.807, 2.05) is 0 Å². The van der Waals surface area contributed by atoms with Crippen molar-refractivity contribution in [2.45, 2.75) is 46.1 Å². The molecule has 18 heavy (non-hydrogen) atoms. The quantitative estimate of drug-likeness (QED) is 0.770. The van der Waals surface area contributed by atoms with E-state index < -0.39 is 0 Å². The molecule has 1 saturated heterocycles. The zero-order valence-electron chi connectivity index (χ0n) is 12.3. The Kier molecular flexibility index (Phi) is 5.05. The smallest absolute Gasteiger partial charge is 0.0597 e. The highest BCUT2D eigenvalue weighted by atomic mass is 16.5. The van der Waals surface area contributed by atoms with Gasteiger partial charge < -0.3 is 9.47 Å². The largest absolute Gasteiger partial charge is 0.379 e. The number of rotatable bonds is 4. The summed E-state index contributed by atoms with van der Waals surface area (Å²) < 4.78 is 11.4. The highest BCUT2D eigenvalue weighted by Gasteiger charge is 2.33. The van der Waals surface area contributed by atoms with E-state index in [2.05, 4.69) is 25.7 Å². The van der Waals surface area contributed by atoms with E-state index in [9.17, 15) is 0 Å². The van der Waals surface area contributed by atoms with Crippen LogP contribution >= 0.6 is 0 Å². The van der Waals surface area contributed by atoms with E-state index in [-0.39, 0.29) is 0 Å². The first-order valence-corrected chi connectivity index (χ1v) is 7.49. The van der Waals surface area contributed by atoms with Crippen LogP contribution in [0.25, 0.3) is 0 Å². The van der Waals surface area contributed by atoms with Gasteiger partial charge in [0.05, 0.1) is 25.9 Å². The van der Waals surface area contributed by atoms with Crippen molar-refractivity contribution < 1.29 is 9.47 Å². The van der Waals surface area contributed by atoms with Crippen LogP contribution < -0.4 is 0 Å². The van der Waals surface area contributed by atoms with E-state index in [1.165, 1.54) is 19.3 Å². The first-order valence-electron chi connectivity index (χ1n) is 7.49. The van der Waals surface area contributed by atoms with Gasteiger partial charge in [0, 0.05) is 19.6 Å². The summed E-state index contributed by atoms with van der Waals surface area (Å²) in [5.41, 5.74) is 0.504. The highest BCUT2D eigenvalue weighted by molar-refractivity contribution is 4.84. The van der Waals surface area contributed by atoms with Crippen LogP contribution in [0.4, 0.5) is 0 Å². The Labute approximate surface area is 112 Å². The molecule has 2 aliphatic rings. The number of hydrogen-bond acceptors (Lipinski definition) is 3. The maximum atomic E-state index is 6.07. The van der Waals surface area contributed by atoms with Crippen molar-refractivity contribution in [3.63, 3.8) is 0 Å². The average Bonchev–Trinajstić information content (AvgIpc) is 2.35. The van der Waals surface area contributed by atoms with Gasteiger partial charge in [-0.1, -0.05) is 20.8 Å². The zero-order valence-corrected chi connectivity index (χ0v) is 12.3.